The van der Waals surface area contributed by atoms with Crippen molar-refractivity contribution in [2.24, 2.45) is 5.92 Å². The quantitative estimate of drug-likeness (QED) is 0.673. The fraction of sp³-hybridized carbons (Fsp3) is 0.647. The molecule has 0 heterocycles. The second-order valence-electron chi connectivity index (χ2n) is 5.78. The van der Waals surface area contributed by atoms with Crippen molar-refractivity contribution in [3.05, 3.63) is 23.8 Å². The zero-order chi connectivity index (χ0) is 15.7. The van der Waals surface area contributed by atoms with Crippen molar-refractivity contribution < 1.29 is 14.2 Å². The minimum Gasteiger partial charge on any atom is -0.493 e. The SMILES string of the molecule is COc1cc(CNCC(C)C)ccc1OCCOC(C)C. The van der Waals surface area contributed by atoms with E-state index in [1.807, 2.05) is 26.0 Å². The molecule has 0 saturated carbocycles. The van der Waals surface area contributed by atoms with Crippen molar-refractivity contribution in [1.29, 1.82) is 0 Å². The van der Waals surface area contributed by atoms with E-state index in [1.54, 1.807) is 7.11 Å². The topological polar surface area (TPSA) is 39.7 Å². The van der Waals surface area contributed by atoms with Crippen molar-refractivity contribution in [1.82, 2.24) is 5.32 Å². The molecular weight excluding hydrogens is 266 g/mol. The highest BCUT2D eigenvalue weighted by molar-refractivity contribution is 5.42. The summed E-state index contributed by atoms with van der Waals surface area (Å²) in [5.74, 6) is 2.18. The molecule has 1 rings (SSSR count). The normalized spacial score (nSPS) is 11.2. The molecule has 1 aromatic rings. The number of hydrogen-bond acceptors (Lipinski definition) is 4. The van der Waals surface area contributed by atoms with E-state index in [2.05, 4.69) is 25.2 Å². The van der Waals surface area contributed by atoms with Crippen molar-refractivity contribution in [2.75, 3.05) is 26.9 Å². The molecule has 0 amide bonds. The van der Waals surface area contributed by atoms with Gasteiger partial charge in [0.2, 0.25) is 0 Å². The third kappa shape index (κ3) is 7.34. The first-order chi connectivity index (χ1) is 10.0. The van der Waals surface area contributed by atoms with Gasteiger partial charge in [-0.1, -0.05) is 19.9 Å². The van der Waals surface area contributed by atoms with E-state index in [0.717, 1.165) is 24.6 Å². The van der Waals surface area contributed by atoms with Crippen LogP contribution in [0.2, 0.25) is 0 Å². The lowest BCUT2D eigenvalue weighted by Crippen LogP contribution is -2.19. The first-order valence-corrected chi connectivity index (χ1v) is 7.65. The van der Waals surface area contributed by atoms with Gasteiger partial charge in [-0.15, -0.1) is 0 Å². The van der Waals surface area contributed by atoms with Gasteiger partial charge >= 0.3 is 0 Å². The van der Waals surface area contributed by atoms with Crippen molar-refractivity contribution >= 4 is 0 Å². The molecule has 4 heteroatoms. The van der Waals surface area contributed by atoms with Gasteiger partial charge in [0.25, 0.3) is 0 Å². The van der Waals surface area contributed by atoms with Crippen molar-refractivity contribution in [3.8, 4) is 11.5 Å². The van der Waals surface area contributed by atoms with Gasteiger partial charge in [-0.3, -0.25) is 0 Å². The van der Waals surface area contributed by atoms with E-state index in [9.17, 15) is 0 Å². The number of ether oxygens (including phenoxy) is 3. The average Bonchev–Trinajstić information content (AvgIpc) is 2.43. The van der Waals surface area contributed by atoms with Crippen LogP contribution in [0, 0.1) is 5.92 Å². The highest BCUT2D eigenvalue weighted by Crippen LogP contribution is 2.28. The Balaban J connectivity index is 2.49. The minimum atomic E-state index is 0.227. The Morgan fingerprint density at radius 2 is 1.81 bits per heavy atom. The summed E-state index contributed by atoms with van der Waals surface area (Å²) in [6.07, 6.45) is 0.227. The highest BCUT2D eigenvalue weighted by Gasteiger charge is 2.06. The number of methoxy groups -OCH3 is 1. The Bertz CT molecular complexity index is 405. The van der Waals surface area contributed by atoms with Crippen molar-refractivity contribution in [2.45, 2.75) is 40.3 Å². The fourth-order valence-electron chi connectivity index (χ4n) is 1.88. The molecule has 4 nitrogen and oxygen atoms in total. The summed E-state index contributed by atoms with van der Waals surface area (Å²) in [7, 11) is 1.66. The summed E-state index contributed by atoms with van der Waals surface area (Å²) >= 11 is 0. The summed E-state index contributed by atoms with van der Waals surface area (Å²) in [6, 6.07) is 6.04. The smallest absolute Gasteiger partial charge is 0.161 e. The van der Waals surface area contributed by atoms with E-state index in [1.165, 1.54) is 5.56 Å². The van der Waals surface area contributed by atoms with E-state index in [-0.39, 0.29) is 6.10 Å². The molecule has 0 aliphatic heterocycles. The summed E-state index contributed by atoms with van der Waals surface area (Å²) < 4.78 is 16.6. The number of rotatable bonds is 10. The molecule has 0 aliphatic carbocycles. The van der Waals surface area contributed by atoms with Crippen molar-refractivity contribution in [3.63, 3.8) is 0 Å². The van der Waals surface area contributed by atoms with E-state index >= 15 is 0 Å². The molecule has 0 unspecified atom stereocenters. The maximum absolute atomic E-state index is 5.71. The van der Waals surface area contributed by atoms with E-state index in [4.69, 9.17) is 14.2 Å². The van der Waals surface area contributed by atoms with Crippen LogP contribution in [-0.2, 0) is 11.3 Å². The maximum atomic E-state index is 5.71. The monoisotopic (exact) mass is 295 g/mol. The van der Waals surface area contributed by atoms with Gasteiger partial charge in [0, 0.05) is 6.54 Å². The minimum absolute atomic E-state index is 0.227. The van der Waals surface area contributed by atoms with Crippen LogP contribution in [0.25, 0.3) is 0 Å². The van der Waals surface area contributed by atoms with Crippen LogP contribution in [0.1, 0.15) is 33.3 Å². The first-order valence-electron chi connectivity index (χ1n) is 7.65. The summed E-state index contributed by atoms with van der Waals surface area (Å²) in [5, 5.41) is 3.42. The number of nitrogens with one attached hydrogen (secondary N) is 1. The Morgan fingerprint density at radius 1 is 1.05 bits per heavy atom. The molecule has 0 atom stereocenters. The second-order valence-corrected chi connectivity index (χ2v) is 5.78. The lowest BCUT2D eigenvalue weighted by atomic mass is 10.2. The Labute approximate surface area is 128 Å². The molecule has 0 radical (unpaired) electrons. The molecule has 0 spiro atoms. The predicted molar refractivity (Wildman–Crippen MR) is 86.1 cm³/mol. The standard InChI is InChI=1S/C17H29NO3/c1-13(2)11-18-12-15-6-7-16(17(10-15)19-5)21-9-8-20-14(3)4/h6-7,10,13-14,18H,8-9,11-12H2,1-5H3. The van der Waals surface area contributed by atoms with Gasteiger partial charge in [-0.05, 0) is 44.0 Å². The zero-order valence-corrected chi connectivity index (χ0v) is 13.9. The Morgan fingerprint density at radius 3 is 2.43 bits per heavy atom. The molecule has 1 N–H and O–H groups in total. The molecule has 0 aromatic heterocycles. The van der Waals surface area contributed by atoms with Crippen LogP contribution in [0.3, 0.4) is 0 Å². The van der Waals surface area contributed by atoms with Crippen LogP contribution in [0.15, 0.2) is 18.2 Å². The van der Waals surface area contributed by atoms with Crippen LogP contribution in [0.4, 0.5) is 0 Å². The molecule has 21 heavy (non-hydrogen) atoms. The lowest BCUT2D eigenvalue weighted by Gasteiger charge is -2.14. The fourth-order valence-corrected chi connectivity index (χ4v) is 1.88. The van der Waals surface area contributed by atoms with Gasteiger partial charge in [-0.25, -0.2) is 0 Å². The molecule has 120 valence electrons. The van der Waals surface area contributed by atoms with Gasteiger partial charge in [0.1, 0.15) is 6.61 Å². The van der Waals surface area contributed by atoms with Crippen LogP contribution in [0.5, 0.6) is 11.5 Å². The largest absolute Gasteiger partial charge is 0.493 e. The maximum Gasteiger partial charge on any atom is 0.161 e. The van der Waals surface area contributed by atoms with Gasteiger partial charge in [0.05, 0.1) is 19.8 Å². The summed E-state index contributed by atoms with van der Waals surface area (Å²) in [5.41, 5.74) is 1.19. The van der Waals surface area contributed by atoms with Crippen LogP contribution < -0.4 is 14.8 Å². The average molecular weight is 295 g/mol. The molecule has 0 bridgehead atoms. The van der Waals surface area contributed by atoms with E-state index < -0.39 is 0 Å². The molecule has 0 aliphatic rings. The number of benzene rings is 1. The van der Waals surface area contributed by atoms with Gasteiger partial charge in [-0.2, -0.15) is 0 Å². The van der Waals surface area contributed by atoms with E-state index in [0.29, 0.717) is 19.1 Å². The Kier molecular flexibility index (Phi) is 8.16. The predicted octanol–water partition coefficient (Wildman–Crippen LogP) is 3.24. The third-order valence-corrected chi connectivity index (χ3v) is 2.90. The third-order valence-electron chi connectivity index (χ3n) is 2.90. The zero-order valence-electron chi connectivity index (χ0n) is 13.9. The van der Waals surface area contributed by atoms with Gasteiger partial charge < -0.3 is 19.5 Å². The van der Waals surface area contributed by atoms with Crippen LogP contribution >= 0.6 is 0 Å². The molecule has 1 aromatic carbocycles. The second kappa shape index (κ2) is 9.64. The Hall–Kier alpha value is -1.26. The summed E-state index contributed by atoms with van der Waals surface area (Å²) in [4.78, 5) is 0. The summed E-state index contributed by atoms with van der Waals surface area (Å²) in [6.45, 7) is 11.4. The molecular formula is C17H29NO3. The number of hydrogen-bond donors (Lipinski definition) is 1. The van der Waals surface area contributed by atoms with Gasteiger partial charge in [0.15, 0.2) is 11.5 Å². The molecule has 0 saturated heterocycles. The molecule has 0 fully saturated rings. The highest BCUT2D eigenvalue weighted by atomic mass is 16.5. The first kappa shape index (κ1) is 17.8. The lowest BCUT2D eigenvalue weighted by molar-refractivity contribution is 0.0547. The van der Waals surface area contributed by atoms with Crippen LogP contribution in [-0.4, -0.2) is 33.0 Å².